The summed E-state index contributed by atoms with van der Waals surface area (Å²) in [5, 5.41) is 3.06. The molecule has 0 fully saturated rings. The number of rotatable bonds is 5. The first-order chi connectivity index (χ1) is 9.69. The summed E-state index contributed by atoms with van der Waals surface area (Å²) < 4.78 is 10.6. The van der Waals surface area contributed by atoms with E-state index in [0.29, 0.717) is 5.82 Å². The lowest BCUT2D eigenvalue weighted by molar-refractivity contribution is 0.394. The van der Waals surface area contributed by atoms with Gasteiger partial charge >= 0.3 is 0 Å². The summed E-state index contributed by atoms with van der Waals surface area (Å²) >= 11 is 0. The number of anilines is 1. The van der Waals surface area contributed by atoms with Gasteiger partial charge in [0.25, 0.3) is 0 Å². The molecule has 2 rings (SSSR count). The molecule has 1 aromatic carbocycles. The van der Waals surface area contributed by atoms with Gasteiger partial charge in [0.1, 0.15) is 17.3 Å². The van der Waals surface area contributed by atoms with Crippen molar-refractivity contribution in [1.29, 1.82) is 0 Å². The zero-order valence-electron chi connectivity index (χ0n) is 12.2. The number of nitrogens with one attached hydrogen (secondary N) is 1. The molecule has 0 saturated heterocycles. The van der Waals surface area contributed by atoms with Crippen molar-refractivity contribution in [2.45, 2.75) is 13.3 Å². The van der Waals surface area contributed by atoms with Crippen LogP contribution in [-0.4, -0.2) is 31.2 Å². The van der Waals surface area contributed by atoms with Crippen LogP contribution in [0, 0.1) is 0 Å². The van der Waals surface area contributed by atoms with Crippen LogP contribution in [0.2, 0.25) is 0 Å². The van der Waals surface area contributed by atoms with Gasteiger partial charge in [0, 0.05) is 30.4 Å². The second-order valence-electron chi connectivity index (χ2n) is 4.27. The zero-order valence-corrected chi connectivity index (χ0v) is 12.2. The normalized spacial score (nSPS) is 10.2. The lowest BCUT2D eigenvalue weighted by Crippen LogP contribution is -2.00. The van der Waals surface area contributed by atoms with Gasteiger partial charge < -0.3 is 14.8 Å². The molecule has 1 aromatic heterocycles. The van der Waals surface area contributed by atoms with Crippen molar-refractivity contribution in [3.63, 3.8) is 0 Å². The third-order valence-corrected chi connectivity index (χ3v) is 3.01. The smallest absolute Gasteiger partial charge is 0.162 e. The predicted octanol–water partition coefficient (Wildman–Crippen LogP) is 2.76. The topological polar surface area (TPSA) is 56.3 Å². The van der Waals surface area contributed by atoms with Crippen LogP contribution >= 0.6 is 0 Å². The molecule has 0 saturated carbocycles. The van der Waals surface area contributed by atoms with Gasteiger partial charge in [-0.1, -0.05) is 6.92 Å². The molecule has 5 heteroatoms. The van der Waals surface area contributed by atoms with Gasteiger partial charge in [-0.3, -0.25) is 0 Å². The van der Waals surface area contributed by atoms with Gasteiger partial charge in [-0.15, -0.1) is 0 Å². The predicted molar refractivity (Wildman–Crippen MR) is 79.5 cm³/mol. The Bertz CT molecular complexity index is 502. The van der Waals surface area contributed by atoms with E-state index in [2.05, 4.69) is 22.2 Å². The second-order valence-corrected chi connectivity index (χ2v) is 4.27. The Morgan fingerprint density at radius 1 is 1.00 bits per heavy atom. The van der Waals surface area contributed by atoms with Crippen LogP contribution in [0.4, 0.5) is 5.82 Å². The summed E-state index contributed by atoms with van der Waals surface area (Å²) in [6.07, 6.45) is 0.852. The molecule has 1 N–H and O–H groups in total. The molecule has 106 valence electrons. The number of aryl methyl sites for hydroxylation is 1. The minimum absolute atomic E-state index is 0.658. The van der Waals surface area contributed by atoms with E-state index in [-0.39, 0.29) is 0 Å². The summed E-state index contributed by atoms with van der Waals surface area (Å²) in [6, 6.07) is 7.57. The summed E-state index contributed by atoms with van der Waals surface area (Å²) in [7, 11) is 5.10. The van der Waals surface area contributed by atoms with Crippen LogP contribution < -0.4 is 14.8 Å². The van der Waals surface area contributed by atoms with Gasteiger partial charge in [-0.05, 0) is 18.6 Å². The molecule has 0 spiro atoms. The Kier molecular flexibility index (Phi) is 4.40. The van der Waals surface area contributed by atoms with Crippen molar-refractivity contribution in [3.8, 4) is 22.9 Å². The maximum atomic E-state index is 5.28. The van der Waals surface area contributed by atoms with E-state index in [1.165, 1.54) is 0 Å². The summed E-state index contributed by atoms with van der Waals surface area (Å²) in [6.45, 7) is 2.07. The first-order valence-corrected chi connectivity index (χ1v) is 6.49. The van der Waals surface area contributed by atoms with E-state index < -0.39 is 0 Å². The van der Waals surface area contributed by atoms with Gasteiger partial charge in [0.05, 0.1) is 14.2 Å². The van der Waals surface area contributed by atoms with E-state index in [1.807, 2.05) is 31.3 Å². The highest BCUT2D eigenvalue weighted by Gasteiger charge is 2.09. The number of benzene rings is 1. The Balaban J connectivity index is 2.54. The number of hydrogen-bond acceptors (Lipinski definition) is 5. The molecule has 2 aromatic rings. The van der Waals surface area contributed by atoms with Crippen molar-refractivity contribution >= 4 is 5.82 Å². The average Bonchev–Trinajstić information content (AvgIpc) is 2.53. The fourth-order valence-corrected chi connectivity index (χ4v) is 1.87. The molecule has 0 aliphatic carbocycles. The molecular weight excluding hydrogens is 254 g/mol. The number of nitrogens with zero attached hydrogens (tertiary/aromatic N) is 2. The van der Waals surface area contributed by atoms with Crippen molar-refractivity contribution in [2.75, 3.05) is 26.6 Å². The third-order valence-electron chi connectivity index (χ3n) is 3.01. The van der Waals surface area contributed by atoms with Crippen molar-refractivity contribution in [3.05, 3.63) is 30.0 Å². The van der Waals surface area contributed by atoms with Crippen molar-refractivity contribution in [2.24, 2.45) is 0 Å². The minimum Gasteiger partial charge on any atom is -0.497 e. The second kappa shape index (κ2) is 6.23. The molecule has 5 nitrogen and oxygen atoms in total. The minimum atomic E-state index is 0.658. The van der Waals surface area contributed by atoms with Crippen molar-refractivity contribution in [1.82, 2.24) is 9.97 Å². The highest BCUT2D eigenvalue weighted by molar-refractivity contribution is 5.62. The van der Waals surface area contributed by atoms with Crippen LogP contribution in [0.15, 0.2) is 24.3 Å². The highest BCUT2D eigenvalue weighted by Crippen LogP contribution is 2.28. The maximum Gasteiger partial charge on any atom is 0.162 e. The van der Waals surface area contributed by atoms with Gasteiger partial charge in [-0.2, -0.15) is 0 Å². The molecule has 0 atom stereocenters. The Morgan fingerprint density at radius 2 is 1.65 bits per heavy atom. The van der Waals surface area contributed by atoms with Gasteiger partial charge in [-0.25, -0.2) is 9.97 Å². The largest absolute Gasteiger partial charge is 0.497 e. The first kappa shape index (κ1) is 14.1. The SMILES string of the molecule is CCc1cc(NC)nc(-c2cc(OC)cc(OC)c2)n1. The van der Waals surface area contributed by atoms with E-state index in [0.717, 1.165) is 35.0 Å². The molecule has 0 unspecified atom stereocenters. The molecule has 20 heavy (non-hydrogen) atoms. The van der Waals surface area contributed by atoms with Crippen LogP contribution in [0.3, 0.4) is 0 Å². The molecule has 0 aliphatic heterocycles. The monoisotopic (exact) mass is 273 g/mol. The van der Waals surface area contributed by atoms with E-state index in [1.54, 1.807) is 14.2 Å². The fraction of sp³-hybridized carbons (Fsp3) is 0.333. The highest BCUT2D eigenvalue weighted by atomic mass is 16.5. The lowest BCUT2D eigenvalue weighted by Gasteiger charge is -2.10. The molecule has 0 radical (unpaired) electrons. The average molecular weight is 273 g/mol. The Labute approximate surface area is 119 Å². The number of hydrogen-bond donors (Lipinski definition) is 1. The first-order valence-electron chi connectivity index (χ1n) is 6.49. The number of aromatic nitrogens is 2. The molecular formula is C15H19N3O2. The number of methoxy groups -OCH3 is 2. The lowest BCUT2D eigenvalue weighted by atomic mass is 10.1. The third kappa shape index (κ3) is 2.99. The van der Waals surface area contributed by atoms with Gasteiger partial charge in [0.15, 0.2) is 5.82 Å². The molecule has 0 aliphatic rings. The fourth-order valence-electron chi connectivity index (χ4n) is 1.87. The summed E-state index contributed by atoms with van der Waals surface area (Å²) in [5.41, 5.74) is 1.86. The Hall–Kier alpha value is -2.30. The molecule has 0 bridgehead atoms. The van der Waals surface area contributed by atoms with Crippen LogP contribution in [0.1, 0.15) is 12.6 Å². The standard InChI is InChI=1S/C15H19N3O2/c1-5-11-8-14(16-2)18-15(17-11)10-6-12(19-3)9-13(7-10)20-4/h6-9H,5H2,1-4H3,(H,16,17,18). The van der Waals surface area contributed by atoms with Crippen LogP contribution in [0.5, 0.6) is 11.5 Å². The summed E-state index contributed by atoms with van der Waals surface area (Å²) in [4.78, 5) is 9.05. The quantitative estimate of drug-likeness (QED) is 0.907. The van der Waals surface area contributed by atoms with E-state index in [9.17, 15) is 0 Å². The van der Waals surface area contributed by atoms with Crippen molar-refractivity contribution < 1.29 is 9.47 Å². The Morgan fingerprint density at radius 3 is 2.15 bits per heavy atom. The van der Waals surface area contributed by atoms with Crippen LogP contribution in [0.25, 0.3) is 11.4 Å². The van der Waals surface area contributed by atoms with E-state index >= 15 is 0 Å². The number of ether oxygens (including phenoxy) is 2. The van der Waals surface area contributed by atoms with Crippen LogP contribution in [-0.2, 0) is 6.42 Å². The van der Waals surface area contributed by atoms with E-state index in [4.69, 9.17) is 9.47 Å². The molecule has 1 heterocycles. The van der Waals surface area contributed by atoms with Gasteiger partial charge in [0.2, 0.25) is 0 Å². The molecule has 0 amide bonds. The maximum absolute atomic E-state index is 5.28. The summed E-state index contributed by atoms with van der Waals surface area (Å²) in [5.74, 6) is 2.89. The zero-order chi connectivity index (χ0) is 14.5.